The van der Waals surface area contributed by atoms with Gasteiger partial charge in [0.05, 0.1) is 11.9 Å². The highest BCUT2D eigenvalue weighted by Gasteiger charge is 2.27. The molecule has 2 fully saturated rings. The van der Waals surface area contributed by atoms with Crippen LogP contribution in [0.25, 0.3) is 22.2 Å². The lowest BCUT2D eigenvalue weighted by Gasteiger charge is -2.35. The van der Waals surface area contributed by atoms with Gasteiger partial charge in [0.15, 0.2) is 0 Å². The number of aromatic nitrogens is 3. The Morgan fingerprint density at radius 1 is 1.10 bits per heavy atom. The Kier molecular flexibility index (Phi) is 10.6. The molecule has 0 atom stereocenters. The van der Waals surface area contributed by atoms with Crippen molar-refractivity contribution < 1.29 is 17.6 Å². The number of aryl methyl sites for hydroxylation is 1. The average molecular weight is 687 g/mol. The number of halogens is 4. The van der Waals surface area contributed by atoms with Crippen molar-refractivity contribution >= 4 is 28.0 Å². The van der Waals surface area contributed by atoms with Gasteiger partial charge in [0.25, 0.3) is 0 Å². The predicted octanol–water partition coefficient (Wildman–Crippen LogP) is 9.33. The monoisotopic (exact) mass is 686 g/mol. The Morgan fingerprint density at radius 2 is 1.82 bits per heavy atom. The number of nitrogens with one attached hydrogen (secondary N) is 2. The lowest BCUT2D eigenvalue weighted by molar-refractivity contribution is 0.138. The lowest BCUT2D eigenvalue weighted by atomic mass is 9.84. The summed E-state index contributed by atoms with van der Waals surface area (Å²) in [6, 6.07) is 10.1. The molecule has 0 bridgehead atoms. The zero-order valence-corrected chi connectivity index (χ0v) is 29.1. The number of hydrogen-bond acceptors (Lipinski definition) is 4. The van der Waals surface area contributed by atoms with E-state index in [1.54, 1.807) is 29.7 Å². The van der Waals surface area contributed by atoms with Gasteiger partial charge in [-0.1, -0.05) is 24.3 Å². The summed E-state index contributed by atoms with van der Waals surface area (Å²) in [7, 11) is 1.77. The molecule has 1 aliphatic heterocycles. The van der Waals surface area contributed by atoms with Crippen LogP contribution in [0.3, 0.4) is 0 Å². The fourth-order valence-corrected chi connectivity index (χ4v) is 7.16. The van der Waals surface area contributed by atoms with E-state index in [2.05, 4.69) is 45.9 Å². The van der Waals surface area contributed by atoms with Crippen LogP contribution in [-0.2, 0) is 12.8 Å². The van der Waals surface area contributed by atoms with Crippen LogP contribution in [0.15, 0.2) is 78.3 Å². The van der Waals surface area contributed by atoms with Crippen LogP contribution in [0, 0.1) is 11.6 Å². The minimum atomic E-state index is -2.36. The number of nitrogens with two attached hydrogens (primary N) is 1. The summed E-state index contributed by atoms with van der Waals surface area (Å²) in [5.74, 6) is -0.429. The summed E-state index contributed by atoms with van der Waals surface area (Å²) in [6.07, 6.45) is 8.17. The molecule has 4 aromatic rings. The molecular weight excluding hydrogens is 640 g/mol. The largest absolute Gasteiger partial charge is 0.392 e. The van der Waals surface area contributed by atoms with Crippen LogP contribution >= 0.6 is 0 Å². The second-order valence-corrected chi connectivity index (χ2v) is 13.5. The average Bonchev–Trinajstić information content (AvgIpc) is 3.76. The molecule has 264 valence electrons. The molecule has 0 spiro atoms. The van der Waals surface area contributed by atoms with Crippen LogP contribution in [0.2, 0.25) is 0 Å². The van der Waals surface area contributed by atoms with Crippen molar-refractivity contribution in [3.05, 3.63) is 118 Å². The van der Waals surface area contributed by atoms with Crippen molar-refractivity contribution in [2.45, 2.75) is 77.6 Å². The molecule has 2 aromatic heterocycles. The first-order valence-corrected chi connectivity index (χ1v) is 17.4. The van der Waals surface area contributed by atoms with Crippen molar-refractivity contribution in [3.63, 3.8) is 0 Å². The Hall–Kier alpha value is -4.73. The van der Waals surface area contributed by atoms with E-state index in [1.807, 2.05) is 19.1 Å². The third-order valence-electron chi connectivity index (χ3n) is 10.2. The van der Waals surface area contributed by atoms with Gasteiger partial charge in [-0.25, -0.2) is 22.2 Å². The molecule has 3 heterocycles. The highest BCUT2D eigenvalue weighted by Crippen LogP contribution is 2.39. The van der Waals surface area contributed by atoms with Crippen molar-refractivity contribution in [2.24, 2.45) is 0 Å². The zero-order chi connectivity index (χ0) is 35.5. The molecule has 6 nitrogen and oxygen atoms in total. The van der Waals surface area contributed by atoms with E-state index in [0.717, 1.165) is 59.2 Å². The van der Waals surface area contributed by atoms with E-state index < -0.39 is 18.1 Å². The second-order valence-electron chi connectivity index (χ2n) is 13.5. The van der Waals surface area contributed by atoms with Gasteiger partial charge < -0.3 is 20.9 Å². The maximum Gasteiger partial charge on any atom is 0.239 e. The van der Waals surface area contributed by atoms with E-state index in [-0.39, 0.29) is 18.4 Å². The number of benzene rings is 2. The summed E-state index contributed by atoms with van der Waals surface area (Å²) in [5, 5.41) is 8.56. The number of aromatic amines is 1. The first-order chi connectivity index (χ1) is 24.0. The van der Waals surface area contributed by atoms with Gasteiger partial charge in [-0.15, -0.1) is 0 Å². The number of piperidine rings is 1. The van der Waals surface area contributed by atoms with E-state index in [9.17, 15) is 17.6 Å². The molecule has 0 amide bonds. The molecule has 0 radical (unpaired) electrons. The Bertz CT molecular complexity index is 1950. The topological polar surface area (TPSA) is 74.9 Å². The van der Waals surface area contributed by atoms with E-state index in [4.69, 9.17) is 5.73 Å². The van der Waals surface area contributed by atoms with Crippen molar-refractivity contribution in [1.29, 1.82) is 0 Å². The number of rotatable bonds is 13. The van der Waals surface area contributed by atoms with E-state index in [0.29, 0.717) is 41.4 Å². The van der Waals surface area contributed by atoms with Gasteiger partial charge in [0.1, 0.15) is 17.5 Å². The number of nitrogens with zero attached hydrogens (tertiary/aromatic N) is 3. The third kappa shape index (κ3) is 7.54. The van der Waals surface area contributed by atoms with E-state index in [1.165, 1.54) is 36.7 Å². The standard InChI is InChI=1S/C40H46F4N6/c1-24(7-5-8-31-34(41)9-6-10-35(31)42)38(23-46-4)50-40(45)33(22-47-50)25(2)36-20-30-19-29(13-14-39(43)44)32(21-37(30)48-36)28-15-17-49(18-16-28)26(3)27-11-12-27/h6-7,9-10,19-23,28,39,46,48H,2,5,8,11-18,45H2,1,3-4H3/b24-7-,38-23+. The summed E-state index contributed by atoms with van der Waals surface area (Å²) < 4.78 is 56.7. The van der Waals surface area contributed by atoms with Gasteiger partial charge in [-0.3, -0.25) is 0 Å². The maximum absolute atomic E-state index is 14.2. The number of H-pyrrole nitrogens is 1. The smallest absolute Gasteiger partial charge is 0.239 e. The molecule has 1 saturated heterocycles. The zero-order valence-electron chi connectivity index (χ0n) is 29.1. The van der Waals surface area contributed by atoms with Crippen LogP contribution in [0.1, 0.15) is 86.2 Å². The van der Waals surface area contributed by atoms with Crippen molar-refractivity contribution in [2.75, 3.05) is 25.9 Å². The minimum Gasteiger partial charge on any atom is -0.392 e. The number of anilines is 1. The van der Waals surface area contributed by atoms with Gasteiger partial charge in [0, 0.05) is 71.8 Å². The highest BCUT2D eigenvalue weighted by molar-refractivity contribution is 5.91. The second kappa shape index (κ2) is 15.0. The quantitative estimate of drug-likeness (QED) is 0.0968. The van der Waals surface area contributed by atoms with E-state index >= 15 is 0 Å². The molecule has 50 heavy (non-hydrogen) atoms. The van der Waals surface area contributed by atoms with Crippen molar-refractivity contribution in [1.82, 2.24) is 25.0 Å². The number of likely N-dealkylation sites (tertiary alicyclic amines) is 1. The summed E-state index contributed by atoms with van der Waals surface area (Å²) in [6.45, 7) is 10.4. The Balaban J connectivity index is 1.23. The third-order valence-corrected chi connectivity index (χ3v) is 10.2. The van der Waals surface area contributed by atoms with Crippen LogP contribution in [0.5, 0.6) is 0 Å². The SMILES string of the molecule is C=C(c1cc2cc(CCC(F)F)c(C3CCN(C(C)=C4CC4)CC3)cc2[nH]1)c1cnn(C(=C/NC)/C(C)=C\CCc2c(F)cccc2F)c1N. The number of allylic oxidation sites excluding steroid dienone is 5. The molecule has 1 saturated carbocycles. The highest BCUT2D eigenvalue weighted by atomic mass is 19.3. The van der Waals surface area contributed by atoms with Gasteiger partial charge in [-0.2, -0.15) is 5.10 Å². The molecule has 2 aliphatic rings. The van der Waals surface area contributed by atoms with Gasteiger partial charge in [0.2, 0.25) is 6.43 Å². The number of alkyl halides is 2. The molecule has 1 aliphatic carbocycles. The van der Waals surface area contributed by atoms with Crippen molar-refractivity contribution in [3.8, 4) is 0 Å². The fraction of sp³-hybridized carbons (Fsp3) is 0.375. The van der Waals surface area contributed by atoms with Crippen LogP contribution in [-0.4, -0.2) is 46.2 Å². The fourth-order valence-electron chi connectivity index (χ4n) is 7.16. The molecule has 2 aromatic carbocycles. The first-order valence-electron chi connectivity index (χ1n) is 17.4. The van der Waals surface area contributed by atoms with Gasteiger partial charge >= 0.3 is 0 Å². The Labute approximate surface area is 291 Å². The molecule has 4 N–H and O–H groups in total. The first kappa shape index (κ1) is 35.1. The van der Waals surface area contributed by atoms with Crippen LogP contribution < -0.4 is 11.1 Å². The molecule has 10 heteroatoms. The van der Waals surface area contributed by atoms with Crippen LogP contribution in [0.4, 0.5) is 23.4 Å². The minimum absolute atomic E-state index is 0.0571. The summed E-state index contributed by atoms with van der Waals surface area (Å²) in [4.78, 5) is 6.01. The molecule has 0 unspecified atom stereocenters. The number of hydrogen-bond donors (Lipinski definition) is 3. The van der Waals surface area contributed by atoms with Gasteiger partial charge in [-0.05, 0) is 112 Å². The number of fused-ring (bicyclic) bond motifs is 1. The maximum atomic E-state index is 14.2. The Morgan fingerprint density at radius 3 is 2.48 bits per heavy atom. The number of nitrogen functional groups attached to an aromatic ring is 1. The predicted molar refractivity (Wildman–Crippen MR) is 195 cm³/mol. The lowest BCUT2D eigenvalue weighted by Crippen LogP contribution is -2.32. The summed E-state index contributed by atoms with van der Waals surface area (Å²) in [5.41, 5.74) is 16.4. The molecular formula is C40H46F4N6. The molecule has 6 rings (SSSR count). The summed E-state index contributed by atoms with van der Waals surface area (Å²) >= 11 is 0. The normalized spacial score (nSPS) is 15.8.